The van der Waals surface area contributed by atoms with Gasteiger partial charge >= 0.3 is 0 Å². The maximum atomic E-state index is 4.61. The fourth-order valence-corrected chi connectivity index (χ4v) is 2.22. The lowest BCUT2D eigenvalue weighted by Gasteiger charge is -2.27. The fraction of sp³-hybridized carbons (Fsp3) is 0.714. The van der Waals surface area contributed by atoms with E-state index in [1.807, 2.05) is 6.07 Å². The molecule has 19 heavy (non-hydrogen) atoms. The molecule has 0 spiro atoms. The summed E-state index contributed by atoms with van der Waals surface area (Å²) in [5.74, 6) is 3.02. The third-order valence-electron chi connectivity index (χ3n) is 3.25. The normalized spacial score (nSPS) is 16.6. The summed E-state index contributed by atoms with van der Waals surface area (Å²) in [5.41, 5.74) is 3.42. The van der Waals surface area contributed by atoms with Gasteiger partial charge in [-0.15, -0.1) is 0 Å². The van der Waals surface area contributed by atoms with Crippen molar-refractivity contribution in [1.82, 2.24) is 15.0 Å². The number of anilines is 2. The van der Waals surface area contributed by atoms with Crippen LogP contribution in [-0.4, -0.2) is 34.6 Å². The molecule has 5 nitrogen and oxygen atoms in total. The topological polar surface area (TPSA) is 53.1 Å². The van der Waals surface area contributed by atoms with Gasteiger partial charge < -0.3 is 10.7 Å². The maximum Gasteiger partial charge on any atom is 0.146 e. The Balaban J connectivity index is 2.12. The molecule has 1 aromatic heterocycles. The van der Waals surface area contributed by atoms with Crippen LogP contribution in [0.5, 0.6) is 0 Å². The Labute approximate surface area is 115 Å². The molecule has 1 saturated heterocycles. The number of nitrogens with one attached hydrogen (secondary N) is 2. The standard InChI is InChI=1S/C14H25N5/c1-4-15-12-10-13(17-14(16-12)11(2)3)18-19-8-6-5-7-9-19/h10-11H,4-9H2,1-3H3,(H2,15,16,17,18). The van der Waals surface area contributed by atoms with Gasteiger partial charge in [-0.3, -0.25) is 0 Å². The second-order valence-corrected chi connectivity index (χ2v) is 5.34. The van der Waals surface area contributed by atoms with Crippen LogP contribution >= 0.6 is 0 Å². The highest BCUT2D eigenvalue weighted by Gasteiger charge is 2.13. The molecule has 0 unspecified atom stereocenters. The van der Waals surface area contributed by atoms with Crippen LogP contribution < -0.4 is 10.7 Å². The van der Waals surface area contributed by atoms with Crippen LogP contribution in [0.15, 0.2) is 6.07 Å². The Bertz CT molecular complexity index is 399. The van der Waals surface area contributed by atoms with Crippen molar-refractivity contribution >= 4 is 11.6 Å². The van der Waals surface area contributed by atoms with Crippen molar-refractivity contribution in [2.75, 3.05) is 30.4 Å². The summed E-state index contributed by atoms with van der Waals surface area (Å²) >= 11 is 0. The van der Waals surface area contributed by atoms with E-state index in [4.69, 9.17) is 0 Å². The van der Waals surface area contributed by atoms with Crippen LogP contribution in [0.25, 0.3) is 0 Å². The van der Waals surface area contributed by atoms with E-state index in [1.165, 1.54) is 19.3 Å². The number of hydrogen-bond donors (Lipinski definition) is 2. The molecule has 106 valence electrons. The summed E-state index contributed by atoms with van der Waals surface area (Å²) in [6.45, 7) is 9.38. The van der Waals surface area contributed by atoms with Crippen molar-refractivity contribution in [3.05, 3.63) is 11.9 Å². The summed E-state index contributed by atoms with van der Waals surface area (Å²) in [6.07, 6.45) is 3.85. The molecule has 0 aliphatic carbocycles. The van der Waals surface area contributed by atoms with E-state index in [-0.39, 0.29) is 0 Å². The Hall–Kier alpha value is -1.36. The van der Waals surface area contributed by atoms with Crippen molar-refractivity contribution in [1.29, 1.82) is 0 Å². The predicted molar refractivity (Wildman–Crippen MR) is 79.3 cm³/mol. The highest BCUT2D eigenvalue weighted by atomic mass is 15.5. The first-order valence-corrected chi connectivity index (χ1v) is 7.33. The van der Waals surface area contributed by atoms with E-state index in [0.717, 1.165) is 37.1 Å². The zero-order valence-electron chi connectivity index (χ0n) is 12.2. The van der Waals surface area contributed by atoms with E-state index >= 15 is 0 Å². The smallest absolute Gasteiger partial charge is 0.146 e. The maximum absolute atomic E-state index is 4.61. The second-order valence-electron chi connectivity index (χ2n) is 5.34. The third kappa shape index (κ3) is 4.06. The average Bonchev–Trinajstić information content (AvgIpc) is 2.40. The number of nitrogens with zero attached hydrogens (tertiary/aromatic N) is 3. The van der Waals surface area contributed by atoms with Crippen molar-refractivity contribution in [3.8, 4) is 0 Å². The van der Waals surface area contributed by atoms with Crippen molar-refractivity contribution < 1.29 is 0 Å². The number of hydrogen-bond acceptors (Lipinski definition) is 5. The molecule has 0 bridgehead atoms. The average molecular weight is 263 g/mol. The van der Waals surface area contributed by atoms with Crippen LogP contribution in [0.3, 0.4) is 0 Å². The first kappa shape index (κ1) is 14.1. The first-order valence-electron chi connectivity index (χ1n) is 7.33. The molecular weight excluding hydrogens is 238 g/mol. The summed E-state index contributed by atoms with van der Waals surface area (Å²) in [4.78, 5) is 9.14. The van der Waals surface area contributed by atoms with Crippen molar-refractivity contribution in [3.63, 3.8) is 0 Å². The minimum Gasteiger partial charge on any atom is -0.370 e. The molecular formula is C14H25N5. The van der Waals surface area contributed by atoms with Crippen LogP contribution in [0.4, 0.5) is 11.6 Å². The summed E-state index contributed by atoms with van der Waals surface area (Å²) in [5, 5.41) is 5.53. The molecule has 0 saturated carbocycles. The Morgan fingerprint density at radius 1 is 1.16 bits per heavy atom. The van der Waals surface area contributed by atoms with Crippen LogP contribution in [0, 0.1) is 0 Å². The molecule has 0 radical (unpaired) electrons. The summed E-state index contributed by atoms with van der Waals surface area (Å²) in [6, 6.07) is 1.99. The Morgan fingerprint density at radius 3 is 2.47 bits per heavy atom. The van der Waals surface area contributed by atoms with Gasteiger partial charge in [0.2, 0.25) is 0 Å². The molecule has 1 aliphatic heterocycles. The zero-order valence-corrected chi connectivity index (χ0v) is 12.2. The van der Waals surface area contributed by atoms with E-state index in [0.29, 0.717) is 5.92 Å². The van der Waals surface area contributed by atoms with Crippen LogP contribution in [0.2, 0.25) is 0 Å². The van der Waals surface area contributed by atoms with Gasteiger partial charge in [-0.1, -0.05) is 20.3 Å². The van der Waals surface area contributed by atoms with Crippen LogP contribution in [-0.2, 0) is 0 Å². The van der Waals surface area contributed by atoms with Gasteiger partial charge in [-0.05, 0) is 19.8 Å². The highest BCUT2D eigenvalue weighted by Crippen LogP contribution is 2.18. The lowest BCUT2D eigenvalue weighted by Crippen LogP contribution is -2.35. The van der Waals surface area contributed by atoms with Gasteiger partial charge in [-0.25, -0.2) is 15.0 Å². The Morgan fingerprint density at radius 2 is 1.84 bits per heavy atom. The second kappa shape index (κ2) is 6.70. The third-order valence-corrected chi connectivity index (χ3v) is 3.25. The number of piperidine rings is 1. The number of rotatable bonds is 5. The minimum absolute atomic E-state index is 0.334. The Kier molecular flexibility index (Phi) is 4.96. The van der Waals surface area contributed by atoms with Gasteiger partial charge in [0.15, 0.2) is 0 Å². The molecule has 2 heterocycles. The van der Waals surface area contributed by atoms with E-state index in [9.17, 15) is 0 Å². The lowest BCUT2D eigenvalue weighted by atomic mass is 10.2. The van der Waals surface area contributed by atoms with Crippen molar-refractivity contribution in [2.24, 2.45) is 0 Å². The largest absolute Gasteiger partial charge is 0.370 e. The molecule has 1 aromatic rings. The molecule has 2 rings (SSSR count). The van der Waals surface area contributed by atoms with E-state index in [2.05, 4.69) is 46.5 Å². The number of aromatic nitrogens is 2. The van der Waals surface area contributed by atoms with E-state index < -0.39 is 0 Å². The summed E-state index contributed by atoms with van der Waals surface area (Å²) < 4.78 is 0. The molecule has 0 atom stereocenters. The first-order chi connectivity index (χ1) is 9.19. The molecule has 0 aromatic carbocycles. The monoisotopic (exact) mass is 263 g/mol. The van der Waals surface area contributed by atoms with Gasteiger partial charge in [0.05, 0.1) is 0 Å². The SMILES string of the molecule is CCNc1cc(NN2CCCCC2)nc(C(C)C)n1. The quantitative estimate of drug-likeness (QED) is 0.855. The van der Waals surface area contributed by atoms with E-state index in [1.54, 1.807) is 0 Å². The number of hydrazine groups is 1. The minimum atomic E-state index is 0.334. The summed E-state index contributed by atoms with van der Waals surface area (Å²) in [7, 11) is 0. The van der Waals surface area contributed by atoms with Crippen molar-refractivity contribution in [2.45, 2.75) is 46.0 Å². The molecule has 0 amide bonds. The van der Waals surface area contributed by atoms with Crippen LogP contribution in [0.1, 0.15) is 51.8 Å². The zero-order chi connectivity index (χ0) is 13.7. The molecule has 1 aliphatic rings. The van der Waals surface area contributed by atoms with Gasteiger partial charge in [0.25, 0.3) is 0 Å². The predicted octanol–water partition coefficient (Wildman–Crippen LogP) is 2.84. The fourth-order valence-electron chi connectivity index (χ4n) is 2.22. The highest BCUT2D eigenvalue weighted by molar-refractivity contribution is 5.47. The molecule has 1 fully saturated rings. The molecule has 5 heteroatoms. The van der Waals surface area contributed by atoms with Gasteiger partial charge in [0.1, 0.15) is 17.5 Å². The molecule has 2 N–H and O–H groups in total. The van der Waals surface area contributed by atoms with Gasteiger partial charge in [0, 0.05) is 31.6 Å². The lowest BCUT2D eigenvalue weighted by molar-refractivity contribution is 0.272. The van der Waals surface area contributed by atoms with Gasteiger partial charge in [-0.2, -0.15) is 0 Å².